The first-order valence-electron chi connectivity index (χ1n) is 18.2. The summed E-state index contributed by atoms with van der Waals surface area (Å²) in [5, 5.41) is 0. The van der Waals surface area contributed by atoms with Crippen LogP contribution in [0.25, 0.3) is 39.0 Å². The van der Waals surface area contributed by atoms with E-state index in [1.54, 1.807) is 0 Å². The van der Waals surface area contributed by atoms with Gasteiger partial charge in [0.05, 0.1) is 0 Å². The zero-order chi connectivity index (χ0) is 34.7. The monoisotopic (exact) mass is 640 g/mol. The van der Waals surface area contributed by atoms with Crippen LogP contribution in [0.5, 0.6) is 0 Å². The van der Waals surface area contributed by atoms with E-state index in [1.165, 1.54) is 77.9 Å². The maximum atomic E-state index is 2.58. The third-order valence-corrected chi connectivity index (χ3v) is 10.7. The Morgan fingerprint density at radius 1 is 0.551 bits per heavy atom. The summed E-state index contributed by atoms with van der Waals surface area (Å²) in [6.07, 6.45) is 8.89. The van der Waals surface area contributed by atoms with Gasteiger partial charge in [-0.2, -0.15) is 0 Å². The first-order chi connectivity index (χ1) is 23.2. The largest absolute Gasteiger partial charge is 0.0801 e. The van der Waals surface area contributed by atoms with Crippen LogP contribution in [0.15, 0.2) is 121 Å². The fourth-order valence-electron chi connectivity index (χ4n) is 8.10. The molecule has 0 radical (unpaired) electrons. The molecule has 0 N–H and O–H groups in total. The second-order valence-electron chi connectivity index (χ2n) is 17.4. The number of allylic oxidation sites excluding steroid dienone is 4. The summed E-state index contributed by atoms with van der Waals surface area (Å²) in [4.78, 5) is 0. The SMILES string of the molecule is CC(C)(C)c1ccc(CC2c3cc(-c4ccccc4)c(C(C)(C)C)cc3-c3cc(C(C)(C)C)c(-c4ccccc4)c(C4=CC=CC4)c32)cc1. The van der Waals surface area contributed by atoms with Crippen LogP contribution >= 0.6 is 0 Å². The second-order valence-corrected chi connectivity index (χ2v) is 17.4. The van der Waals surface area contributed by atoms with Crippen LogP contribution in [0.3, 0.4) is 0 Å². The zero-order valence-electron chi connectivity index (χ0n) is 31.0. The van der Waals surface area contributed by atoms with Crippen molar-refractivity contribution in [2.45, 2.75) is 97.3 Å². The van der Waals surface area contributed by atoms with Gasteiger partial charge in [0.25, 0.3) is 0 Å². The van der Waals surface area contributed by atoms with Crippen LogP contribution in [0.1, 0.15) is 114 Å². The minimum absolute atomic E-state index is 0.0151. The maximum absolute atomic E-state index is 2.58. The lowest BCUT2D eigenvalue weighted by atomic mass is 9.74. The Labute approximate surface area is 295 Å². The minimum Gasteiger partial charge on any atom is -0.0801 e. The van der Waals surface area contributed by atoms with Crippen LogP contribution in [-0.2, 0) is 22.7 Å². The van der Waals surface area contributed by atoms with Gasteiger partial charge in [-0.1, -0.05) is 165 Å². The number of hydrogen-bond acceptors (Lipinski definition) is 0. The van der Waals surface area contributed by atoms with Crippen LogP contribution in [-0.4, -0.2) is 0 Å². The smallest absolute Gasteiger partial charge is 0.0148 e. The first kappa shape index (κ1) is 33.1. The van der Waals surface area contributed by atoms with Crippen molar-refractivity contribution in [3.63, 3.8) is 0 Å². The molecular formula is C49H52. The molecule has 0 heterocycles. The Morgan fingerprint density at radius 3 is 1.69 bits per heavy atom. The van der Waals surface area contributed by atoms with Crippen molar-refractivity contribution in [2.24, 2.45) is 0 Å². The Bertz CT molecular complexity index is 2060. The van der Waals surface area contributed by atoms with Crippen molar-refractivity contribution in [3.8, 4) is 33.4 Å². The van der Waals surface area contributed by atoms with Gasteiger partial charge in [-0.05, 0) is 125 Å². The van der Waals surface area contributed by atoms with Gasteiger partial charge < -0.3 is 0 Å². The van der Waals surface area contributed by atoms with Crippen molar-refractivity contribution in [2.75, 3.05) is 0 Å². The van der Waals surface area contributed by atoms with Gasteiger partial charge in [0.1, 0.15) is 0 Å². The predicted octanol–water partition coefficient (Wildman–Crippen LogP) is 13.6. The maximum Gasteiger partial charge on any atom is 0.0148 e. The van der Waals surface area contributed by atoms with Crippen molar-refractivity contribution in [1.82, 2.24) is 0 Å². The van der Waals surface area contributed by atoms with Gasteiger partial charge in [-0.25, -0.2) is 0 Å². The van der Waals surface area contributed by atoms with E-state index in [9.17, 15) is 0 Å². The lowest BCUT2D eigenvalue weighted by molar-refractivity contribution is 0.589. The van der Waals surface area contributed by atoms with Gasteiger partial charge in [-0.15, -0.1) is 0 Å². The molecule has 5 aromatic carbocycles. The minimum atomic E-state index is -0.0422. The van der Waals surface area contributed by atoms with Gasteiger partial charge in [0, 0.05) is 5.92 Å². The van der Waals surface area contributed by atoms with Crippen LogP contribution in [0.4, 0.5) is 0 Å². The molecule has 1 unspecified atom stereocenters. The molecule has 0 aliphatic heterocycles. The molecule has 49 heavy (non-hydrogen) atoms. The lowest BCUT2D eigenvalue weighted by Gasteiger charge is -2.30. The lowest BCUT2D eigenvalue weighted by Crippen LogP contribution is -2.16. The number of hydrogen-bond donors (Lipinski definition) is 0. The number of benzene rings is 5. The molecule has 0 fully saturated rings. The molecule has 0 bridgehead atoms. The predicted molar refractivity (Wildman–Crippen MR) is 213 cm³/mol. The standard InChI is InChI=1S/C49H52/c1-47(2,3)36-26-24-32(25-27-36)28-40-38-29-37(33-18-12-10-13-19-33)42(48(4,5)6)30-39(38)41-31-43(49(7,8)9)44(34-20-14-11-15-21-34)45(46(40)41)35-22-16-17-23-35/h10-22,24-27,29-31,40H,23,28H2,1-9H3. The Kier molecular flexibility index (Phi) is 8.22. The average molecular weight is 641 g/mol. The summed E-state index contributed by atoms with van der Waals surface area (Å²) in [5.41, 5.74) is 19.7. The molecule has 0 spiro atoms. The van der Waals surface area contributed by atoms with E-state index < -0.39 is 0 Å². The summed E-state index contributed by atoms with van der Waals surface area (Å²) >= 11 is 0. The normalized spacial score (nSPS) is 15.7. The quantitative estimate of drug-likeness (QED) is 0.179. The molecule has 0 nitrogen and oxygen atoms in total. The van der Waals surface area contributed by atoms with Crippen molar-refractivity contribution in [3.05, 3.63) is 160 Å². The average Bonchev–Trinajstić information content (AvgIpc) is 3.70. The molecule has 1 atom stereocenters. The van der Waals surface area contributed by atoms with Gasteiger partial charge in [-0.3, -0.25) is 0 Å². The molecule has 0 saturated carbocycles. The third-order valence-electron chi connectivity index (χ3n) is 10.7. The van der Waals surface area contributed by atoms with Gasteiger partial charge in [0.2, 0.25) is 0 Å². The molecule has 0 heteroatoms. The Morgan fingerprint density at radius 2 is 1.14 bits per heavy atom. The van der Waals surface area contributed by atoms with Gasteiger partial charge >= 0.3 is 0 Å². The zero-order valence-corrected chi connectivity index (χ0v) is 31.0. The first-order valence-corrected chi connectivity index (χ1v) is 18.2. The van der Waals surface area contributed by atoms with Crippen LogP contribution in [0.2, 0.25) is 0 Å². The van der Waals surface area contributed by atoms with E-state index in [0.29, 0.717) is 0 Å². The molecule has 248 valence electrons. The molecule has 0 amide bonds. The fourth-order valence-corrected chi connectivity index (χ4v) is 8.10. The summed E-state index contributed by atoms with van der Waals surface area (Å²) in [6.45, 7) is 21.2. The molecular weight excluding hydrogens is 589 g/mol. The van der Waals surface area contributed by atoms with E-state index in [4.69, 9.17) is 0 Å². The number of rotatable bonds is 5. The van der Waals surface area contributed by atoms with E-state index in [1.807, 2.05) is 0 Å². The van der Waals surface area contributed by atoms with E-state index in [-0.39, 0.29) is 22.2 Å². The van der Waals surface area contributed by atoms with E-state index >= 15 is 0 Å². The molecule has 2 aliphatic carbocycles. The third kappa shape index (κ3) is 6.16. The highest BCUT2D eigenvalue weighted by Crippen LogP contribution is 2.56. The highest BCUT2D eigenvalue weighted by molar-refractivity contribution is 5.96. The summed E-state index contributed by atoms with van der Waals surface area (Å²) in [6, 6.07) is 39.4. The Hall–Kier alpha value is -4.42. The van der Waals surface area contributed by atoms with Crippen LogP contribution in [0, 0.1) is 0 Å². The van der Waals surface area contributed by atoms with E-state index in [0.717, 1.165) is 12.8 Å². The van der Waals surface area contributed by atoms with Crippen LogP contribution < -0.4 is 0 Å². The number of fused-ring (bicyclic) bond motifs is 3. The summed E-state index contributed by atoms with van der Waals surface area (Å²) in [7, 11) is 0. The topological polar surface area (TPSA) is 0 Å². The molecule has 7 rings (SSSR count). The highest BCUT2D eigenvalue weighted by Gasteiger charge is 2.38. The van der Waals surface area contributed by atoms with Gasteiger partial charge in [0.15, 0.2) is 0 Å². The highest BCUT2D eigenvalue weighted by atomic mass is 14.4. The van der Waals surface area contributed by atoms with Crippen molar-refractivity contribution < 1.29 is 0 Å². The van der Waals surface area contributed by atoms with Crippen molar-refractivity contribution in [1.29, 1.82) is 0 Å². The van der Waals surface area contributed by atoms with Crippen molar-refractivity contribution >= 4 is 5.57 Å². The second kappa shape index (κ2) is 12.2. The Balaban J connectivity index is 1.57. The summed E-state index contributed by atoms with van der Waals surface area (Å²) in [5.74, 6) is 0.231. The van der Waals surface area contributed by atoms with E-state index in [2.05, 4.69) is 184 Å². The fraction of sp³-hybridized carbons (Fsp3) is 0.306. The molecule has 2 aliphatic rings. The molecule has 5 aromatic rings. The molecule has 0 aromatic heterocycles. The molecule has 0 saturated heterocycles. The summed E-state index contributed by atoms with van der Waals surface area (Å²) < 4.78 is 0.